The summed E-state index contributed by atoms with van der Waals surface area (Å²) in [5.74, 6) is 1.22. The molecule has 0 atom stereocenters. The minimum atomic E-state index is -0.180. The van der Waals surface area contributed by atoms with Gasteiger partial charge in [0, 0.05) is 29.6 Å². The molecule has 0 spiro atoms. The molecule has 8 heteroatoms. The van der Waals surface area contributed by atoms with Crippen LogP contribution in [0.5, 0.6) is 11.5 Å². The van der Waals surface area contributed by atoms with E-state index in [4.69, 9.17) is 9.47 Å². The van der Waals surface area contributed by atoms with Crippen molar-refractivity contribution in [1.82, 2.24) is 10.2 Å². The third-order valence-electron chi connectivity index (χ3n) is 5.89. The topological polar surface area (TPSA) is 71.1 Å². The number of amides is 3. The summed E-state index contributed by atoms with van der Waals surface area (Å²) in [5, 5.41) is 4.99. The highest BCUT2D eigenvalue weighted by atomic mass is 32.1. The van der Waals surface area contributed by atoms with Gasteiger partial charge in [0.05, 0.1) is 17.9 Å². The number of nitrogens with zero attached hydrogens (tertiary/aromatic N) is 2. The van der Waals surface area contributed by atoms with Gasteiger partial charge in [0.15, 0.2) is 11.5 Å². The van der Waals surface area contributed by atoms with E-state index in [2.05, 4.69) is 5.32 Å². The van der Waals surface area contributed by atoms with Crippen LogP contribution >= 0.6 is 11.3 Å². The molecule has 1 N–H and O–H groups in total. The second-order valence-corrected chi connectivity index (χ2v) is 9.14. The van der Waals surface area contributed by atoms with Gasteiger partial charge in [-0.25, -0.2) is 4.79 Å². The number of hydrogen-bond acceptors (Lipinski definition) is 5. The van der Waals surface area contributed by atoms with Gasteiger partial charge in [-0.05, 0) is 53.8 Å². The van der Waals surface area contributed by atoms with E-state index in [0.717, 1.165) is 33.8 Å². The fraction of sp³-hybridized carbons (Fsp3) is 0.231. The average molecular weight is 476 g/mol. The Morgan fingerprint density at radius 3 is 2.79 bits per heavy atom. The highest BCUT2D eigenvalue weighted by Gasteiger charge is 2.32. The zero-order chi connectivity index (χ0) is 23.7. The number of ether oxygens (including phenoxy) is 2. The van der Waals surface area contributed by atoms with Gasteiger partial charge in [0.25, 0.3) is 5.91 Å². The maximum Gasteiger partial charge on any atom is 0.329 e. The van der Waals surface area contributed by atoms with Crippen molar-refractivity contribution in [3.8, 4) is 11.5 Å². The molecule has 7 nitrogen and oxygen atoms in total. The van der Waals surface area contributed by atoms with Crippen LogP contribution in [0.25, 0.3) is 5.70 Å². The van der Waals surface area contributed by atoms with Crippen LogP contribution in [-0.2, 0) is 13.1 Å². The molecule has 0 unspecified atom stereocenters. The first kappa shape index (κ1) is 22.0. The molecule has 2 aliphatic heterocycles. The fourth-order valence-corrected chi connectivity index (χ4v) is 4.86. The van der Waals surface area contributed by atoms with E-state index in [1.165, 1.54) is 0 Å². The molecule has 174 valence electrons. The van der Waals surface area contributed by atoms with Crippen molar-refractivity contribution in [2.24, 2.45) is 0 Å². The summed E-state index contributed by atoms with van der Waals surface area (Å²) in [6.07, 6.45) is 2.82. The van der Waals surface area contributed by atoms with E-state index in [1.54, 1.807) is 34.3 Å². The zero-order valence-corrected chi connectivity index (χ0v) is 19.9. The number of urea groups is 1. The summed E-state index contributed by atoms with van der Waals surface area (Å²) in [5.41, 5.74) is 3.96. The molecule has 3 amide bonds. The van der Waals surface area contributed by atoms with Crippen molar-refractivity contribution in [1.29, 1.82) is 0 Å². The number of nitrogens with one attached hydrogen (secondary N) is 1. The van der Waals surface area contributed by atoms with E-state index in [-0.39, 0.29) is 18.7 Å². The van der Waals surface area contributed by atoms with Crippen LogP contribution in [-0.4, -0.2) is 30.7 Å². The van der Waals surface area contributed by atoms with Crippen LogP contribution in [0.4, 0.5) is 10.5 Å². The Kier molecular flexibility index (Phi) is 5.98. The molecule has 3 aromatic rings. The first-order chi connectivity index (χ1) is 16.5. The number of rotatable bonds is 6. The number of allylic oxidation sites excluding steroid dienone is 1. The first-order valence-corrected chi connectivity index (χ1v) is 12.0. The van der Waals surface area contributed by atoms with Crippen LogP contribution in [0, 0.1) is 0 Å². The monoisotopic (exact) mass is 475 g/mol. The van der Waals surface area contributed by atoms with Crippen molar-refractivity contribution in [3.63, 3.8) is 0 Å². The van der Waals surface area contributed by atoms with Gasteiger partial charge in [-0.2, -0.15) is 0 Å². The number of benzene rings is 2. The Bertz CT molecular complexity index is 1270. The number of carbonyl (C=O) groups is 2. The van der Waals surface area contributed by atoms with E-state index in [1.807, 2.05) is 60.8 Å². The van der Waals surface area contributed by atoms with Crippen molar-refractivity contribution in [2.45, 2.75) is 26.4 Å². The maximum absolute atomic E-state index is 13.2. The summed E-state index contributed by atoms with van der Waals surface area (Å²) >= 11 is 1.62. The van der Waals surface area contributed by atoms with Gasteiger partial charge in [-0.1, -0.05) is 25.1 Å². The summed E-state index contributed by atoms with van der Waals surface area (Å²) in [6, 6.07) is 15.0. The van der Waals surface area contributed by atoms with E-state index < -0.39 is 0 Å². The lowest BCUT2D eigenvalue weighted by molar-refractivity contribution is 0.0951. The van der Waals surface area contributed by atoms with Crippen LogP contribution < -0.4 is 19.7 Å². The van der Waals surface area contributed by atoms with Gasteiger partial charge < -0.3 is 14.8 Å². The molecule has 34 heavy (non-hydrogen) atoms. The SMILES string of the molecule is CC/C=C1\c2cc(C(=O)NCc3ccc4c(c3)OCO4)ccc2N(C)C(=O)N1Cc1cccs1. The largest absolute Gasteiger partial charge is 0.454 e. The van der Waals surface area contributed by atoms with Gasteiger partial charge in [-0.3, -0.25) is 14.6 Å². The lowest BCUT2D eigenvalue weighted by atomic mass is 10.00. The normalized spacial score (nSPS) is 15.6. The molecular weight excluding hydrogens is 450 g/mol. The Balaban J connectivity index is 1.40. The number of carbonyl (C=O) groups excluding carboxylic acids is 2. The number of thiophene rings is 1. The van der Waals surface area contributed by atoms with E-state index in [0.29, 0.717) is 30.2 Å². The summed E-state index contributed by atoms with van der Waals surface area (Å²) in [7, 11) is 1.77. The quantitative estimate of drug-likeness (QED) is 0.530. The van der Waals surface area contributed by atoms with Crippen molar-refractivity contribution >= 4 is 34.7 Å². The van der Waals surface area contributed by atoms with Crippen LogP contribution in [0.15, 0.2) is 60.0 Å². The molecular formula is C26H25N3O4S. The smallest absolute Gasteiger partial charge is 0.329 e. The molecule has 0 radical (unpaired) electrons. The van der Waals surface area contributed by atoms with Crippen LogP contribution in [0.3, 0.4) is 0 Å². The predicted octanol–water partition coefficient (Wildman–Crippen LogP) is 5.23. The molecule has 0 fully saturated rings. The average Bonchev–Trinajstić information content (AvgIpc) is 3.54. The van der Waals surface area contributed by atoms with Crippen molar-refractivity contribution in [2.75, 3.05) is 18.7 Å². The van der Waals surface area contributed by atoms with Crippen LogP contribution in [0.1, 0.15) is 39.7 Å². The highest BCUT2D eigenvalue weighted by molar-refractivity contribution is 7.09. The molecule has 0 bridgehead atoms. The highest BCUT2D eigenvalue weighted by Crippen LogP contribution is 2.38. The lowest BCUT2D eigenvalue weighted by Crippen LogP contribution is -2.44. The molecule has 0 aliphatic carbocycles. The molecule has 0 saturated carbocycles. The standard InChI is InChI=1S/C26H25N3O4S/c1-3-5-22-20-13-18(25(30)27-14-17-7-10-23-24(12-17)33-16-32-23)8-9-21(20)28(2)26(31)29(22)15-19-6-4-11-34-19/h4-13H,3,14-16H2,1-2H3,(H,27,30)/b22-5+. The van der Waals surface area contributed by atoms with Crippen LogP contribution in [0.2, 0.25) is 0 Å². The number of hydrogen-bond donors (Lipinski definition) is 1. The minimum absolute atomic E-state index is 0.0828. The number of anilines is 1. The second-order valence-electron chi connectivity index (χ2n) is 8.11. The van der Waals surface area contributed by atoms with Gasteiger partial charge in [0.2, 0.25) is 6.79 Å². The summed E-state index contributed by atoms with van der Waals surface area (Å²) in [4.78, 5) is 30.7. The van der Waals surface area contributed by atoms with E-state index >= 15 is 0 Å². The summed E-state index contributed by atoms with van der Waals surface area (Å²) in [6.45, 7) is 3.12. The Labute approximate surface area is 202 Å². The molecule has 3 heterocycles. The van der Waals surface area contributed by atoms with Crippen molar-refractivity contribution < 1.29 is 19.1 Å². The lowest BCUT2D eigenvalue weighted by Gasteiger charge is -2.37. The van der Waals surface area contributed by atoms with Crippen molar-refractivity contribution in [3.05, 3.63) is 81.6 Å². The van der Waals surface area contributed by atoms with E-state index in [9.17, 15) is 9.59 Å². The molecule has 1 aromatic heterocycles. The molecule has 5 rings (SSSR count). The van der Waals surface area contributed by atoms with Gasteiger partial charge in [0.1, 0.15) is 0 Å². The third-order valence-corrected chi connectivity index (χ3v) is 6.75. The Morgan fingerprint density at radius 2 is 2.00 bits per heavy atom. The third kappa shape index (κ3) is 4.12. The zero-order valence-electron chi connectivity index (χ0n) is 19.0. The summed E-state index contributed by atoms with van der Waals surface area (Å²) < 4.78 is 10.8. The fourth-order valence-electron chi connectivity index (χ4n) is 4.17. The molecule has 2 aliphatic rings. The van der Waals surface area contributed by atoms with Gasteiger partial charge in [-0.15, -0.1) is 11.3 Å². The molecule has 2 aromatic carbocycles. The molecule has 0 saturated heterocycles. The van der Waals surface area contributed by atoms with Gasteiger partial charge >= 0.3 is 6.03 Å². The minimum Gasteiger partial charge on any atom is -0.454 e. The Morgan fingerprint density at radius 1 is 1.15 bits per heavy atom. The maximum atomic E-state index is 13.2. The first-order valence-electron chi connectivity index (χ1n) is 11.1. The predicted molar refractivity (Wildman–Crippen MR) is 132 cm³/mol. The second kappa shape index (κ2) is 9.23. The Hall–Kier alpha value is -3.78. The number of fused-ring (bicyclic) bond motifs is 2.